The van der Waals surface area contributed by atoms with E-state index in [1.54, 1.807) is 19.2 Å². The van der Waals surface area contributed by atoms with Crippen LogP contribution in [0.5, 0.6) is 17.2 Å². The third kappa shape index (κ3) is 3.60. The summed E-state index contributed by atoms with van der Waals surface area (Å²) >= 11 is 0. The van der Waals surface area contributed by atoms with Gasteiger partial charge in [0.2, 0.25) is 5.75 Å². The van der Waals surface area contributed by atoms with Crippen molar-refractivity contribution in [2.45, 2.75) is 25.9 Å². The summed E-state index contributed by atoms with van der Waals surface area (Å²) in [6.45, 7) is 0.523. The van der Waals surface area contributed by atoms with Crippen LogP contribution in [0.25, 0.3) is 11.1 Å². The second-order valence-corrected chi connectivity index (χ2v) is 7.49. The highest BCUT2D eigenvalue weighted by Gasteiger charge is 2.45. The molecule has 1 heterocycles. The first-order chi connectivity index (χ1) is 14.0. The maximum absolute atomic E-state index is 11.7. The normalized spacial score (nSPS) is 16.0. The molecule has 29 heavy (non-hydrogen) atoms. The average Bonchev–Trinajstić information content (AvgIpc) is 3.37. The van der Waals surface area contributed by atoms with Crippen molar-refractivity contribution in [3.63, 3.8) is 0 Å². The molecule has 0 radical (unpaired) electrons. The summed E-state index contributed by atoms with van der Waals surface area (Å²) in [6, 6.07) is 9.14. The fourth-order valence-electron chi connectivity index (χ4n) is 3.67. The maximum Gasteiger partial charge on any atom is 0.338 e. The number of hydrogen-bond donors (Lipinski definition) is 1. The molecule has 4 rings (SSSR count). The monoisotopic (exact) mass is 398 g/mol. The quantitative estimate of drug-likeness (QED) is 0.678. The molecule has 1 aliphatic carbocycles. The van der Waals surface area contributed by atoms with Crippen LogP contribution in [0.1, 0.15) is 35.2 Å². The number of rotatable bonds is 8. The van der Waals surface area contributed by atoms with Crippen molar-refractivity contribution in [3.8, 4) is 28.4 Å². The van der Waals surface area contributed by atoms with E-state index in [1.807, 2.05) is 18.2 Å². The van der Waals surface area contributed by atoms with Crippen LogP contribution in [0.3, 0.4) is 0 Å². The third-order valence-corrected chi connectivity index (χ3v) is 5.50. The lowest BCUT2D eigenvalue weighted by molar-refractivity contribution is -0.138. The van der Waals surface area contributed by atoms with E-state index in [4.69, 9.17) is 18.9 Å². The van der Waals surface area contributed by atoms with Crippen LogP contribution in [0.4, 0.5) is 0 Å². The van der Waals surface area contributed by atoms with E-state index < -0.39 is 5.97 Å². The van der Waals surface area contributed by atoms with E-state index >= 15 is 0 Å². The van der Waals surface area contributed by atoms with Crippen LogP contribution in [0, 0.1) is 5.41 Å². The summed E-state index contributed by atoms with van der Waals surface area (Å²) in [5, 5.41) is 9.17. The van der Waals surface area contributed by atoms with E-state index in [0.29, 0.717) is 22.8 Å². The molecule has 0 spiro atoms. The average molecular weight is 398 g/mol. The SMILES string of the molecule is COc1ccc(-c2ccc3c(c2)COC3=O)c(OCC2(CC(=O)O)CC2)c1OC. The van der Waals surface area contributed by atoms with Gasteiger partial charge in [-0.2, -0.15) is 0 Å². The number of carboxylic acids is 1. The topological polar surface area (TPSA) is 91.3 Å². The predicted molar refractivity (Wildman–Crippen MR) is 104 cm³/mol. The number of esters is 1. The number of carbonyl (C=O) groups excluding carboxylic acids is 1. The molecule has 7 nitrogen and oxygen atoms in total. The Morgan fingerprint density at radius 3 is 2.52 bits per heavy atom. The molecule has 0 bridgehead atoms. The number of benzene rings is 2. The fraction of sp³-hybridized carbons (Fsp3) is 0.364. The molecule has 0 unspecified atom stereocenters. The van der Waals surface area contributed by atoms with Crippen molar-refractivity contribution in [3.05, 3.63) is 41.5 Å². The zero-order valence-electron chi connectivity index (χ0n) is 16.3. The van der Waals surface area contributed by atoms with Gasteiger partial charge in [0.1, 0.15) is 6.61 Å². The molecule has 1 saturated carbocycles. The largest absolute Gasteiger partial charge is 0.493 e. The number of carboxylic acid groups (broad SMARTS) is 1. The number of cyclic esters (lactones) is 1. The van der Waals surface area contributed by atoms with Gasteiger partial charge in [0.25, 0.3) is 0 Å². The van der Waals surface area contributed by atoms with Crippen LogP contribution in [-0.2, 0) is 16.1 Å². The van der Waals surface area contributed by atoms with Gasteiger partial charge >= 0.3 is 11.9 Å². The van der Waals surface area contributed by atoms with Crippen molar-refractivity contribution >= 4 is 11.9 Å². The van der Waals surface area contributed by atoms with Gasteiger partial charge in [-0.1, -0.05) is 6.07 Å². The Labute approximate surface area is 168 Å². The third-order valence-electron chi connectivity index (χ3n) is 5.50. The molecule has 2 aliphatic rings. The highest BCUT2D eigenvalue weighted by atomic mass is 16.5. The minimum absolute atomic E-state index is 0.0763. The number of methoxy groups -OCH3 is 2. The second kappa shape index (κ2) is 7.31. The van der Waals surface area contributed by atoms with E-state index in [9.17, 15) is 14.7 Å². The number of aliphatic carboxylic acids is 1. The van der Waals surface area contributed by atoms with E-state index in [1.165, 1.54) is 7.11 Å². The Kier molecular flexibility index (Phi) is 4.82. The molecule has 0 amide bonds. The highest BCUT2D eigenvalue weighted by Crippen LogP contribution is 2.51. The lowest BCUT2D eigenvalue weighted by atomic mass is 9.98. The molecule has 0 saturated heterocycles. The van der Waals surface area contributed by atoms with Crippen molar-refractivity contribution in [2.24, 2.45) is 5.41 Å². The zero-order valence-corrected chi connectivity index (χ0v) is 16.3. The Hall–Kier alpha value is -3.22. The molecule has 1 N–H and O–H groups in total. The summed E-state index contributed by atoms with van der Waals surface area (Å²) in [6.07, 6.45) is 1.71. The number of carbonyl (C=O) groups is 2. The number of hydrogen-bond acceptors (Lipinski definition) is 6. The van der Waals surface area contributed by atoms with Gasteiger partial charge in [-0.05, 0) is 42.7 Å². The second-order valence-electron chi connectivity index (χ2n) is 7.49. The molecule has 0 aromatic heterocycles. The van der Waals surface area contributed by atoms with Crippen LogP contribution in [0.2, 0.25) is 0 Å². The molecule has 2 aromatic carbocycles. The van der Waals surface area contributed by atoms with Crippen LogP contribution in [0.15, 0.2) is 30.3 Å². The molecule has 1 aliphatic heterocycles. The van der Waals surface area contributed by atoms with Crippen molar-refractivity contribution in [1.82, 2.24) is 0 Å². The van der Waals surface area contributed by atoms with Gasteiger partial charge in [-0.15, -0.1) is 0 Å². The fourth-order valence-corrected chi connectivity index (χ4v) is 3.67. The Bertz CT molecular complexity index is 975. The predicted octanol–water partition coefficient (Wildman–Crippen LogP) is 3.67. The molecule has 0 atom stereocenters. The Morgan fingerprint density at radius 1 is 1.10 bits per heavy atom. The summed E-state index contributed by atoms with van der Waals surface area (Å²) < 4.78 is 22.2. The van der Waals surface area contributed by atoms with Gasteiger partial charge in [0.15, 0.2) is 11.5 Å². The first-order valence-electron chi connectivity index (χ1n) is 9.36. The van der Waals surface area contributed by atoms with Crippen LogP contribution in [-0.4, -0.2) is 37.9 Å². The van der Waals surface area contributed by atoms with E-state index in [0.717, 1.165) is 29.5 Å². The molecule has 152 valence electrons. The summed E-state index contributed by atoms with van der Waals surface area (Å²) in [4.78, 5) is 22.9. The zero-order chi connectivity index (χ0) is 20.6. The minimum atomic E-state index is -0.827. The first kappa shape index (κ1) is 19.1. The Morgan fingerprint density at radius 2 is 1.86 bits per heavy atom. The highest BCUT2D eigenvalue weighted by molar-refractivity contribution is 5.94. The first-order valence-corrected chi connectivity index (χ1v) is 9.36. The molecular weight excluding hydrogens is 376 g/mol. The van der Waals surface area contributed by atoms with Crippen molar-refractivity contribution < 1.29 is 33.6 Å². The van der Waals surface area contributed by atoms with Gasteiger partial charge in [0, 0.05) is 16.5 Å². The van der Waals surface area contributed by atoms with Gasteiger partial charge in [-0.3, -0.25) is 4.79 Å². The number of fused-ring (bicyclic) bond motifs is 1. The van der Waals surface area contributed by atoms with E-state index in [-0.39, 0.29) is 31.0 Å². The van der Waals surface area contributed by atoms with E-state index in [2.05, 4.69) is 0 Å². The molecule has 1 fully saturated rings. The summed E-state index contributed by atoms with van der Waals surface area (Å²) in [5.41, 5.74) is 2.67. The van der Waals surface area contributed by atoms with Crippen molar-refractivity contribution in [2.75, 3.05) is 20.8 Å². The van der Waals surface area contributed by atoms with Gasteiger partial charge in [-0.25, -0.2) is 4.79 Å². The maximum atomic E-state index is 11.7. The molecule has 7 heteroatoms. The van der Waals surface area contributed by atoms with Crippen LogP contribution >= 0.6 is 0 Å². The van der Waals surface area contributed by atoms with Gasteiger partial charge in [0.05, 0.1) is 32.8 Å². The standard InChI is InChI=1S/C22H22O7/c1-26-17-6-5-15(13-3-4-16-14(9-13)11-28-21(16)25)19(20(17)27-2)29-12-22(7-8-22)10-18(23)24/h3-6,9H,7-8,10-12H2,1-2H3,(H,23,24). The lowest BCUT2D eigenvalue weighted by Gasteiger charge is -2.20. The van der Waals surface area contributed by atoms with Crippen LogP contribution < -0.4 is 14.2 Å². The Balaban J connectivity index is 1.72. The van der Waals surface area contributed by atoms with Crippen molar-refractivity contribution in [1.29, 1.82) is 0 Å². The molecule has 2 aromatic rings. The lowest BCUT2D eigenvalue weighted by Crippen LogP contribution is -2.18. The molecular formula is C22H22O7. The smallest absolute Gasteiger partial charge is 0.338 e. The summed E-state index contributed by atoms with van der Waals surface area (Å²) in [5.74, 6) is 0.318. The minimum Gasteiger partial charge on any atom is -0.493 e. The van der Waals surface area contributed by atoms with Gasteiger partial charge < -0.3 is 24.1 Å². The number of ether oxygens (including phenoxy) is 4. The summed E-state index contributed by atoms with van der Waals surface area (Å²) in [7, 11) is 3.08.